The van der Waals surface area contributed by atoms with Crippen LogP contribution in [0.2, 0.25) is 0 Å². The normalized spacial score (nSPS) is 10.3. The maximum Gasteiger partial charge on any atom is 0.338 e. The van der Waals surface area contributed by atoms with E-state index in [0.29, 0.717) is 21.9 Å². The fourth-order valence-corrected chi connectivity index (χ4v) is 3.19. The molecule has 0 aromatic heterocycles. The minimum atomic E-state index is -0.691. The average molecular weight is 541 g/mol. The molecule has 0 heterocycles. The summed E-state index contributed by atoms with van der Waals surface area (Å²) in [5.74, 6) is -2.62. The third-order valence-corrected chi connectivity index (χ3v) is 5.38. The first-order valence-corrected chi connectivity index (χ1v) is 12.0. The molecule has 0 fully saturated rings. The summed E-state index contributed by atoms with van der Waals surface area (Å²) in [6.45, 7) is 20.3. The van der Waals surface area contributed by atoms with Crippen molar-refractivity contribution in [2.45, 2.75) is 27.7 Å². The first kappa shape index (κ1) is 29.3. The van der Waals surface area contributed by atoms with Crippen LogP contribution in [-0.2, 0) is 19.2 Å². The van der Waals surface area contributed by atoms with Crippen molar-refractivity contribution in [2.75, 3.05) is 0 Å². The van der Waals surface area contributed by atoms with E-state index >= 15 is 0 Å². The van der Waals surface area contributed by atoms with Crippen molar-refractivity contribution in [2.24, 2.45) is 0 Å². The molecule has 0 aliphatic carbocycles. The third kappa shape index (κ3) is 6.99. The fraction of sp³-hybridized carbons (Fsp3) is 0.125. The third-order valence-electron chi connectivity index (χ3n) is 5.38. The Balaban J connectivity index is 2.11. The number of carbonyl (C=O) groups is 4. The summed E-state index contributed by atoms with van der Waals surface area (Å²) in [5.41, 5.74) is 1.99. The number of rotatable bonds is 9. The summed E-state index contributed by atoms with van der Waals surface area (Å²) in [4.78, 5) is 48.8. The monoisotopic (exact) mass is 540 g/mol. The maximum atomic E-state index is 12.3. The number of carbonyl (C=O) groups excluding carboxylic acids is 4. The first-order valence-electron chi connectivity index (χ1n) is 12.0. The second kappa shape index (κ2) is 12.1. The molecule has 204 valence electrons. The molecule has 0 radical (unpaired) electrons. The zero-order valence-electron chi connectivity index (χ0n) is 22.7. The van der Waals surface area contributed by atoms with Crippen LogP contribution in [0.4, 0.5) is 0 Å². The van der Waals surface area contributed by atoms with Gasteiger partial charge in [-0.15, -0.1) is 0 Å². The van der Waals surface area contributed by atoms with Crippen LogP contribution < -0.4 is 18.9 Å². The molecular formula is C32H28O8. The number of benzene rings is 3. The number of hydrogen-bond acceptors (Lipinski definition) is 8. The van der Waals surface area contributed by atoms with Crippen molar-refractivity contribution in [1.82, 2.24) is 0 Å². The predicted octanol–water partition coefficient (Wildman–Crippen LogP) is 6.43. The van der Waals surface area contributed by atoms with Gasteiger partial charge in [0.2, 0.25) is 0 Å². The Morgan fingerprint density at radius 3 is 1.25 bits per heavy atom. The lowest BCUT2D eigenvalue weighted by Crippen LogP contribution is -2.13. The molecule has 8 nitrogen and oxygen atoms in total. The quantitative estimate of drug-likeness (QED) is 0.174. The van der Waals surface area contributed by atoms with E-state index in [1.807, 2.05) is 0 Å². The van der Waals surface area contributed by atoms with Gasteiger partial charge in [-0.2, -0.15) is 0 Å². The van der Waals surface area contributed by atoms with E-state index in [0.717, 1.165) is 0 Å². The Bertz CT molecular complexity index is 1620. The molecule has 0 amide bonds. The van der Waals surface area contributed by atoms with Gasteiger partial charge in [-0.1, -0.05) is 44.5 Å². The van der Waals surface area contributed by atoms with Crippen molar-refractivity contribution in [3.8, 4) is 34.1 Å². The molecular weight excluding hydrogens is 512 g/mol. The van der Waals surface area contributed by atoms with E-state index in [1.54, 1.807) is 42.5 Å². The Kier molecular flexibility index (Phi) is 8.86. The van der Waals surface area contributed by atoms with E-state index in [-0.39, 0.29) is 45.3 Å². The van der Waals surface area contributed by atoms with Crippen LogP contribution in [0.25, 0.3) is 21.9 Å². The van der Waals surface area contributed by atoms with Gasteiger partial charge in [0.15, 0.2) is 23.0 Å². The Morgan fingerprint density at radius 2 is 0.800 bits per heavy atom. The second-order valence-electron chi connectivity index (χ2n) is 9.20. The molecule has 0 N–H and O–H groups in total. The number of ether oxygens (including phenoxy) is 4. The number of esters is 4. The van der Waals surface area contributed by atoms with Crippen molar-refractivity contribution in [3.63, 3.8) is 0 Å². The molecule has 8 heteroatoms. The highest BCUT2D eigenvalue weighted by atomic mass is 16.6. The summed E-state index contributed by atoms with van der Waals surface area (Å²) in [6, 6.07) is 13.2. The van der Waals surface area contributed by atoms with Crippen molar-refractivity contribution in [1.29, 1.82) is 0 Å². The lowest BCUT2D eigenvalue weighted by atomic mass is 10.0. The lowest BCUT2D eigenvalue weighted by Gasteiger charge is -2.14. The molecule has 0 aliphatic rings. The van der Waals surface area contributed by atoms with Crippen LogP contribution in [0.15, 0.2) is 97.1 Å². The van der Waals surface area contributed by atoms with Gasteiger partial charge in [0.25, 0.3) is 0 Å². The molecule has 3 aromatic carbocycles. The Morgan fingerprint density at radius 1 is 0.450 bits per heavy atom. The zero-order valence-corrected chi connectivity index (χ0v) is 22.7. The van der Waals surface area contributed by atoms with E-state index in [1.165, 1.54) is 33.8 Å². The van der Waals surface area contributed by atoms with Gasteiger partial charge in [0.05, 0.1) is 0 Å². The predicted molar refractivity (Wildman–Crippen MR) is 151 cm³/mol. The minimum Gasteiger partial charge on any atom is -0.419 e. The van der Waals surface area contributed by atoms with Gasteiger partial charge in [-0.3, -0.25) is 0 Å². The van der Waals surface area contributed by atoms with Crippen LogP contribution in [0.5, 0.6) is 23.0 Å². The van der Waals surface area contributed by atoms with Crippen molar-refractivity contribution < 1.29 is 38.1 Å². The summed E-state index contributed by atoms with van der Waals surface area (Å²) in [6.07, 6.45) is 0. The van der Waals surface area contributed by atoms with Gasteiger partial charge in [-0.05, 0) is 79.9 Å². The van der Waals surface area contributed by atoms with Gasteiger partial charge in [0, 0.05) is 22.3 Å². The fourth-order valence-electron chi connectivity index (χ4n) is 3.19. The topological polar surface area (TPSA) is 105 Å². The first-order chi connectivity index (χ1) is 18.8. The largest absolute Gasteiger partial charge is 0.419 e. The molecule has 3 rings (SSSR count). The SMILES string of the molecule is C=C(C)C(=O)Oc1ccc(-c2ccc3cc(OC(=O)C(=C)C)c(OC(=O)C(=C)C)cc3c2)cc1OC(=O)C(=C)C. The van der Waals surface area contributed by atoms with Gasteiger partial charge >= 0.3 is 23.9 Å². The van der Waals surface area contributed by atoms with Gasteiger partial charge < -0.3 is 18.9 Å². The van der Waals surface area contributed by atoms with Crippen molar-refractivity contribution in [3.05, 3.63) is 97.1 Å². The van der Waals surface area contributed by atoms with Crippen LogP contribution in [-0.4, -0.2) is 23.9 Å². The van der Waals surface area contributed by atoms with Crippen LogP contribution in [0.3, 0.4) is 0 Å². The molecule has 0 saturated carbocycles. The summed E-state index contributed by atoms with van der Waals surface area (Å²) in [7, 11) is 0. The highest BCUT2D eigenvalue weighted by molar-refractivity contribution is 5.96. The minimum absolute atomic E-state index is 0.0123. The Labute approximate surface area is 231 Å². The van der Waals surface area contributed by atoms with E-state index in [4.69, 9.17) is 18.9 Å². The summed E-state index contributed by atoms with van der Waals surface area (Å²) >= 11 is 0. The van der Waals surface area contributed by atoms with Crippen LogP contribution in [0, 0.1) is 0 Å². The molecule has 0 aliphatic heterocycles. The smallest absolute Gasteiger partial charge is 0.338 e. The summed E-state index contributed by atoms with van der Waals surface area (Å²) in [5, 5.41) is 1.33. The number of fused-ring (bicyclic) bond motifs is 1. The maximum absolute atomic E-state index is 12.3. The molecule has 0 spiro atoms. The van der Waals surface area contributed by atoms with E-state index in [9.17, 15) is 19.2 Å². The van der Waals surface area contributed by atoms with Crippen LogP contribution >= 0.6 is 0 Å². The van der Waals surface area contributed by atoms with Gasteiger partial charge in [0.1, 0.15) is 0 Å². The van der Waals surface area contributed by atoms with Crippen molar-refractivity contribution >= 4 is 34.6 Å². The van der Waals surface area contributed by atoms with E-state index in [2.05, 4.69) is 26.3 Å². The highest BCUT2D eigenvalue weighted by Crippen LogP contribution is 2.38. The zero-order chi connectivity index (χ0) is 29.7. The molecule has 0 atom stereocenters. The second-order valence-corrected chi connectivity index (χ2v) is 9.20. The standard InChI is InChI=1S/C32H28O8/c1-17(2)29(33)37-25-12-11-22(14-26(25)38-30(34)18(3)4)21-9-10-23-15-27(39-31(35)19(5)6)28(16-24(23)13-21)40-32(36)20(7)8/h9-16H,1,3,5,7H2,2,4,6,8H3. The number of hydrogen-bond donors (Lipinski definition) is 0. The van der Waals surface area contributed by atoms with Crippen LogP contribution in [0.1, 0.15) is 27.7 Å². The molecule has 0 saturated heterocycles. The molecule has 0 unspecified atom stereocenters. The summed E-state index contributed by atoms with van der Waals surface area (Å²) < 4.78 is 21.6. The molecule has 0 bridgehead atoms. The highest BCUT2D eigenvalue weighted by Gasteiger charge is 2.19. The lowest BCUT2D eigenvalue weighted by molar-refractivity contribution is -0.132. The van der Waals surface area contributed by atoms with Gasteiger partial charge in [-0.25, -0.2) is 19.2 Å². The van der Waals surface area contributed by atoms with E-state index < -0.39 is 23.9 Å². The molecule has 3 aromatic rings. The Hall–Kier alpha value is -5.24. The average Bonchev–Trinajstić information content (AvgIpc) is 2.89. The molecule has 40 heavy (non-hydrogen) atoms.